The van der Waals surface area contributed by atoms with E-state index in [1.165, 1.54) is 17.1 Å². The first kappa shape index (κ1) is 14.0. The van der Waals surface area contributed by atoms with E-state index in [0.29, 0.717) is 35.6 Å². The van der Waals surface area contributed by atoms with Crippen LogP contribution >= 0.6 is 0 Å². The summed E-state index contributed by atoms with van der Waals surface area (Å²) in [4.78, 5) is 19.7. The molecular formula is C14H14N6O2. The van der Waals surface area contributed by atoms with Gasteiger partial charge in [-0.1, -0.05) is 12.1 Å². The Balaban J connectivity index is 2.15. The van der Waals surface area contributed by atoms with Crippen LogP contribution in [0.15, 0.2) is 36.8 Å². The average Bonchev–Trinajstić information content (AvgIpc) is 2.97. The number of rotatable bonds is 5. The van der Waals surface area contributed by atoms with Crippen LogP contribution in [0.5, 0.6) is 0 Å². The molecule has 2 heterocycles. The number of para-hydroxylation sites is 1. The topological polar surface area (TPSA) is 119 Å². The molecule has 0 aliphatic rings. The van der Waals surface area contributed by atoms with Crippen LogP contribution in [0.4, 0.5) is 5.82 Å². The van der Waals surface area contributed by atoms with Gasteiger partial charge in [0.25, 0.3) is 0 Å². The van der Waals surface area contributed by atoms with Crippen LogP contribution in [0, 0.1) is 0 Å². The minimum atomic E-state index is -1.02. The van der Waals surface area contributed by atoms with Crippen molar-refractivity contribution in [2.75, 3.05) is 18.4 Å². The molecule has 8 heteroatoms. The highest BCUT2D eigenvalue weighted by Crippen LogP contribution is 2.23. The third-order valence-electron chi connectivity index (χ3n) is 3.17. The van der Waals surface area contributed by atoms with Gasteiger partial charge in [0, 0.05) is 13.1 Å². The highest BCUT2D eigenvalue weighted by molar-refractivity contribution is 5.93. The molecule has 2 aromatic heterocycles. The van der Waals surface area contributed by atoms with Crippen molar-refractivity contribution < 1.29 is 9.90 Å². The smallest absolute Gasteiger partial charge is 0.337 e. The number of benzene rings is 1. The third-order valence-corrected chi connectivity index (χ3v) is 3.17. The zero-order valence-corrected chi connectivity index (χ0v) is 11.6. The van der Waals surface area contributed by atoms with Crippen molar-refractivity contribution in [2.24, 2.45) is 5.73 Å². The minimum Gasteiger partial charge on any atom is -0.478 e. The fraction of sp³-hybridized carbons (Fsp3) is 0.143. The number of aromatic carboxylic acids is 1. The second-order valence-electron chi connectivity index (χ2n) is 4.55. The van der Waals surface area contributed by atoms with E-state index in [2.05, 4.69) is 20.4 Å². The summed E-state index contributed by atoms with van der Waals surface area (Å²) in [6.45, 7) is 1.05. The van der Waals surface area contributed by atoms with Crippen molar-refractivity contribution in [1.29, 1.82) is 0 Å². The van der Waals surface area contributed by atoms with Gasteiger partial charge in [-0.15, -0.1) is 0 Å². The number of hydrogen-bond acceptors (Lipinski definition) is 6. The van der Waals surface area contributed by atoms with Gasteiger partial charge in [0.05, 0.1) is 22.8 Å². The molecule has 0 spiro atoms. The molecule has 0 atom stereocenters. The first-order chi connectivity index (χ1) is 10.7. The minimum absolute atomic E-state index is 0.155. The molecule has 112 valence electrons. The van der Waals surface area contributed by atoms with Crippen molar-refractivity contribution in [3.8, 4) is 5.69 Å². The van der Waals surface area contributed by atoms with Gasteiger partial charge in [0.1, 0.15) is 12.1 Å². The van der Waals surface area contributed by atoms with Crippen LogP contribution in [0.3, 0.4) is 0 Å². The Morgan fingerprint density at radius 1 is 1.32 bits per heavy atom. The van der Waals surface area contributed by atoms with Gasteiger partial charge in [-0.3, -0.25) is 0 Å². The molecule has 4 N–H and O–H groups in total. The van der Waals surface area contributed by atoms with E-state index in [9.17, 15) is 9.90 Å². The summed E-state index contributed by atoms with van der Waals surface area (Å²) in [5, 5.41) is 17.4. The zero-order valence-electron chi connectivity index (χ0n) is 11.6. The van der Waals surface area contributed by atoms with Crippen LogP contribution in [0.1, 0.15) is 10.4 Å². The van der Waals surface area contributed by atoms with Gasteiger partial charge < -0.3 is 16.2 Å². The second kappa shape index (κ2) is 5.78. The molecule has 0 amide bonds. The van der Waals surface area contributed by atoms with Crippen molar-refractivity contribution in [1.82, 2.24) is 19.7 Å². The van der Waals surface area contributed by atoms with Crippen molar-refractivity contribution >= 4 is 22.8 Å². The van der Waals surface area contributed by atoms with Crippen LogP contribution < -0.4 is 11.1 Å². The van der Waals surface area contributed by atoms with Crippen LogP contribution in [0.25, 0.3) is 16.7 Å². The van der Waals surface area contributed by atoms with E-state index in [1.54, 1.807) is 24.4 Å². The van der Waals surface area contributed by atoms with E-state index in [0.717, 1.165) is 0 Å². The maximum atomic E-state index is 11.4. The molecule has 3 aromatic rings. The fourth-order valence-electron chi connectivity index (χ4n) is 2.19. The molecule has 0 saturated heterocycles. The van der Waals surface area contributed by atoms with E-state index >= 15 is 0 Å². The van der Waals surface area contributed by atoms with Gasteiger partial charge >= 0.3 is 5.97 Å². The van der Waals surface area contributed by atoms with E-state index in [-0.39, 0.29) is 5.56 Å². The lowest BCUT2D eigenvalue weighted by Gasteiger charge is -2.07. The van der Waals surface area contributed by atoms with Crippen LogP contribution in [0.2, 0.25) is 0 Å². The summed E-state index contributed by atoms with van der Waals surface area (Å²) in [5.74, 6) is -0.399. The standard InChI is InChI=1S/C14H14N6O2/c15-5-6-16-12-10-7-19-20(13(10)18-8-17-12)11-4-2-1-3-9(11)14(21)22/h1-4,7-8H,5-6,15H2,(H,21,22)(H,16,17,18). The summed E-state index contributed by atoms with van der Waals surface area (Å²) in [6, 6.07) is 6.64. The largest absolute Gasteiger partial charge is 0.478 e. The highest BCUT2D eigenvalue weighted by atomic mass is 16.4. The quantitative estimate of drug-likeness (QED) is 0.639. The SMILES string of the molecule is NCCNc1ncnc2c1cnn2-c1ccccc1C(=O)O. The molecule has 0 fully saturated rings. The van der Waals surface area contributed by atoms with Crippen molar-refractivity contribution in [3.05, 3.63) is 42.4 Å². The lowest BCUT2D eigenvalue weighted by Crippen LogP contribution is -2.14. The average molecular weight is 298 g/mol. The van der Waals surface area contributed by atoms with Crippen LogP contribution in [-0.2, 0) is 0 Å². The molecular weight excluding hydrogens is 284 g/mol. The van der Waals surface area contributed by atoms with Gasteiger partial charge in [-0.25, -0.2) is 19.4 Å². The van der Waals surface area contributed by atoms with Crippen molar-refractivity contribution in [3.63, 3.8) is 0 Å². The Morgan fingerprint density at radius 2 is 2.14 bits per heavy atom. The van der Waals surface area contributed by atoms with Gasteiger partial charge in [0.15, 0.2) is 5.65 Å². The Hall–Kier alpha value is -3.00. The molecule has 0 saturated carbocycles. The summed E-state index contributed by atoms with van der Waals surface area (Å²) in [7, 11) is 0. The van der Waals surface area contributed by atoms with Gasteiger partial charge in [-0.2, -0.15) is 5.10 Å². The highest BCUT2D eigenvalue weighted by Gasteiger charge is 2.16. The number of nitrogens with zero attached hydrogens (tertiary/aromatic N) is 4. The molecule has 3 rings (SSSR count). The molecule has 0 bridgehead atoms. The lowest BCUT2D eigenvalue weighted by molar-refractivity contribution is 0.0697. The van der Waals surface area contributed by atoms with E-state index < -0.39 is 5.97 Å². The number of fused-ring (bicyclic) bond motifs is 1. The molecule has 22 heavy (non-hydrogen) atoms. The van der Waals surface area contributed by atoms with E-state index in [1.807, 2.05) is 0 Å². The molecule has 0 aliphatic carbocycles. The zero-order chi connectivity index (χ0) is 15.5. The van der Waals surface area contributed by atoms with Gasteiger partial charge in [0.2, 0.25) is 0 Å². The lowest BCUT2D eigenvalue weighted by atomic mass is 10.2. The molecule has 0 aliphatic heterocycles. The predicted molar refractivity (Wildman–Crippen MR) is 81.2 cm³/mol. The Bertz CT molecular complexity index is 829. The molecule has 0 unspecified atom stereocenters. The number of anilines is 1. The number of nitrogens with two attached hydrogens (primary N) is 1. The monoisotopic (exact) mass is 298 g/mol. The molecule has 1 aromatic carbocycles. The normalized spacial score (nSPS) is 10.8. The van der Waals surface area contributed by atoms with E-state index in [4.69, 9.17) is 5.73 Å². The Kier molecular flexibility index (Phi) is 3.67. The number of nitrogens with one attached hydrogen (secondary N) is 1. The predicted octanol–water partition coefficient (Wildman–Crippen LogP) is 0.884. The molecule has 0 radical (unpaired) electrons. The summed E-state index contributed by atoms with van der Waals surface area (Å²) < 4.78 is 1.49. The fourth-order valence-corrected chi connectivity index (χ4v) is 2.19. The summed E-state index contributed by atoms with van der Waals surface area (Å²) >= 11 is 0. The summed E-state index contributed by atoms with van der Waals surface area (Å²) in [5.41, 5.74) is 6.62. The summed E-state index contributed by atoms with van der Waals surface area (Å²) in [6.07, 6.45) is 3.01. The molecule has 8 nitrogen and oxygen atoms in total. The van der Waals surface area contributed by atoms with Crippen molar-refractivity contribution in [2.45, 2.75) is 0 Å². The van der Waals surface area contributed by atoms with Gasteiger partial charge in [-0.05, 0) is 12.1 Å². The third kappa shape index (κ3) is 2.35. The first-order valence-electron chi connectivity index (χ1n) is 6.67. The number of carbonyl (C=O) groups is 1. The number of hydrogen-bond donors (Lipinski definition) is 3. The number of carboxylic acids is 1. The Morgan fingerprint density at radius 3 is 2.91 bits per heavy atom. The second-order valence-corrected chi connectivity index (χ2v) is 4.55. The number of carboxylic acid groups (broad SMARTS) is 1. The number of aromatic nitrogens is 4. The first-order valence-corrected chi connectivity index (χ1v) is 6.67. The maximum absolute atomic E-state index is 11.4. The van der Waals surface area contributed by atoms with Crippen LogP contribution in [-0.4, -0.2) is 43.9 Å². The maximum Gasteiger partial charge on any atom is 0.337 e. The Labute approximate surface area is 125 Å².